The molecule has 2 unspecified atom stereocenters. The second-order valence-electron chi connectivity index (χ2n) is 14.0. The van der Waals surface area contributed by atoms with Crippen molar-refractivity contribution in [1.29, 1.82) is 0 Å². The molecule has 16 heteroatoms. The first kappa shape index (κ1) is 39.1. The van der Waals surface area contributed by atoms with Gasteiger partial charge in [0.15, 0.2) is 0 Å². The van der Waals surface area contributed by atoms with Crippen molar-refractivity contribution in [2.24, 2.45) is 4.99 Å². The quantitative estimate of drug-likeness (QED) is 0.109. The number of H-pyrrole nitrogens is 1. The highest BCUT2D eigenvalue weighted by atomic mass is 16.5. The van der Waals surface area contributed by atoms with Gasteiger partial charge in [-0.25, -0.2) is 14.6 Å². The molecule has 1 fully saturated rings. The number of carbonyl (C=O) groups excluding carboxylic acids is 4. The molecule has 7 N–H and O–H groups in total. The lowest BCUT2D eigenvalue weighted by Gasteiger charge is -2.33. The van der Waals surface area contributed by atoms with Crippen molar-refractivity contribution in [2.45, 2.75) is 56.1 Å². The molecule has 300 valence electrons. The highest BCUT2D eigenvalue weighted by Gasteiger charge is 2.40. The van der Waals surface area contributed by atoms with E-state index >= 15 is 0 Å². The van der Waals surface area contributed by atoms with Crippen molar-refractivity contribution in [2.75, 3.05) is 20.8 Å². The minimum absolute atomic E-state index is 0.146. The maximum atomic E-state index is 13.9. The number of rotatable bonds is 12. The molecular weight excluding hydrogens is 741 g/mol. The van der Waals surface area contributed by atoms with Gasteiger partial charge in [0.25, 0.3) is 0 Å². The minimum atomic E-state index is -0.947. The van der Waals surface area contributed by atoms with Crippen LogP contribution in [0.5, 0.6) is 0 Å². The predicted molar refractivity (Wildman–Crippen MR) is 216 cm³/mol. The Morgan fingerprint density at radius 2 is 1.43 bits per heavy atom. The first-order valence-corrected chi connectivity index (χ1v) is 19.0. The third-order valence-electron chi connectivity index (χ3n) is 10.3. The molecule has 6 atom stereocenters. The van der Waals surface area contributed by atoms with Gasteiger partial charge in [0.05, 0.1) is 49.6 Å². The summed E-state index contributed by atoms with van der Waals surface area (Å²) >= 11 is 0. The van der Waals surface area contributed by atoms with E-state index in [0.717, 1.165) is 41.1 Å². The molecular formula is C42H46N10O6. The van der Waals surface area contributed by atoms with E-state index < -0.39 is 36.2 Å². The van der Waals surface area contributed by atoms with Crippen LogP contribution in [0.4, 0.5) is 9.59 Å². The van der Waals surface area contributed by atoms with Gasteiger partial charge >= 0.3 is 12.2 Å². The maximum Gasteiger partial charge on any atom is 0.407 e. The number of carbonyl (C=O) groups is 4. The number of hydrogen-bond acceptors (Lipinski definition) is 11. The van der Waals surface area contributed by atoms with Crippen LogP contribution in [0.1, 0.15) is 60.4 Å². The molecule has 0 radical (unpaired) electrons. The zero-order chi connectivity index (χ0) is 40.6. The van der Waals surface area contributed by atoms with Crippen LogP contribution < -0.4 is 31.9 Å². The van der Waals surface area contributed by atoms with Gasteiger partial charge in [-0.05, 0) is 36.5 Å². The van der Waals surface area contributed by atoms with Crippen LogP contribution in [0.2, 0.25) is 0 Å². The number of methoxy groups -OCH3 is 2. The molecule has 3 aliphatic heterocycles. The highest BCUT2D eigenvalue weighted by molar-refractivity contribution is 5.88. The number of ether oxygens (including phenoxy) is 2. The van der Waals surface area contributed by atoms with Crippen LogP contribution in [0.15, 0.2) is 114 Å². The number of amides is 4. The number of nitrogens with zero attached hydrogens (tertiary/aromatic N) is 3. The Kier molecular flexibility index (Phi) is 12.0. The lowest BCUT2D eigenvalue weighted by Crippen LogP contribution is -2.54. The van der Waals surface area contributed by atoms with Crippen molar-refractivity contribution in [3.05, 3.63) is 132 Å². The van der Waals surface area contributed by atoms with Crippen LogP contribution in [-0.2, 0) is 19.1 Å². The Hall–Kier alpha value is -7.10. The molecule has 1 aromatic heterocycles. The molecule has 4 heterocycles. The Bertz CT molecular complexity index is 2190. The normalized spacial score (nSPS) is 19.8. The van der Waals surface area contributed by atoms with Gasteiger partial charge in [0.1, 0.15) is 30.1 Å². The summed E-state index contributed by atoms with van der Waals surface area (Å²) in [5.74, 6) is -0.0456. The molecule has 4 aromatic rings. The standard InChI is InChI=1S/C42H46N10O6/c1-25(47-39(53)35(50-41(55)57-2)28-11-6-4-7-12-28)37-45-22-31(48-37)27-18-16-26(17-19-27)30-21-44-32(23-43-30)33-24-46-38(49-33)34-15-10-20-52(34)40(54)36(51-42(56)58-3)29-13-8-5-9-14-29/h4-9,11-14,16-19,21-25,32,34-36,38,44,46,49H,10,15,20H2,1-3H3,(H,45,48)(H,47,53)(H,50,55)(H,51,56)/t25-,32?,34-,35+,36+,38?/m0/s1. The van der Waals surface area contributed by atoms with Crippen LogP contribution >= 0.6 is 0 Å². The Balaban J connectivity index is 0.932. The number of aliphatic imine (C=N–C) groups is 1. The summed E-state index contributed by atoms with van der Waals surface area (Å²) in [4.78, 5) is 65.7. The van der Waals surface area contributed by atoms with Gasteiger partial charge < -0.3 is 51.3 Å². The Labute approximate surface area is 335 Å². The average molecular weight is 787 g/mol. The number of alkyl carbamates (subject to hydrolysis) is 2. The van der Waals surface area contributed by atoms with E-state index in [1.54, 1.807) is 30.5 Å². The van der Waals surface area contributed by atoms with E-state index in [1.165, 1.54) is 14.2 Å². The third-order valence-corrected chi connectivity index (χ3v) is 10.3. The van der Waals surface area contributed by atoms with E-state index in [-0.39, 0.29) is 24.2 Å². The van der Waals surface area contributed by atoms with Gasteiger partial charge in [0, 0.05) is 30.7 Å². The molecule has 1 saturated heterocycles. The van der Waals surface area contributed by atoms with Gasteiger partial charge in [-0.1, -0.05) is 84.9 Å². The average Bonchev–Trinajstić information content (AvgIpc) is 4.07. The summed E-state index contributed by atoms with van der Waals surface area (Å²) in [5.41, 5.74) is 5.53. The number of nitrogens with one attached hydrogen (secondary N) is 7. The van der Waals surface area contributed by atoms with E-state index in [0.29, 0.717) is 23.5 Å². The molecule has 0 saturated carbocycles. The van der Waals surface area contributed by atoms with Gasteiger partial charge in [-0.2, -0.15) is 0 Å². The summed E-state index contributed by atoms with van der Waals surface area (Å²) < 4.78 is 9.55. The second kappa shape index (κ2) is 17.8. The summed E-state index contributed by atoms with van der Waals surface area (Å²) in [5, 5.41) is 18.6. The van der Waals surface area contributed by atoms with Crippen LogP contribution in [0.3, 0.4) is 0 Å². The van der Waals surface area contributed by atoms with Crippen molar-refractivity contribution >= 4 is 35.9 Å². The second-order valence-corrected chi connectivity index (χ2v) is 14.0. The smallest absolute Gasteiger partial charge is 0.407 e. The molecule has 0 spiro atoms. The van der Waals surface area contributed by atoms with E-state index in [2.05, 4.69) is 41.9 Å². The van der Waals surface area contributed by atoms with Crippen molar-refractivity contribution in [1.82, 2.24) is 46.8 Å². The summed E-state index contributed by atoms with van der Waals surface area (Å²) in [6, 6.07) is 23.3. The van der Waals surface area contributed by atoms with Crippen molar-refractivity contribution < 1.29 is 28.7 Å². The third kappa shape index (κ3) is 8.80. The summed E-state index contributed by atoms with van der Waals surface area (Å²) in [6.45, 7) is 2.38. The molecule has 0 aliphatic carbocycles. The van der Waals surface area contributed by atoms with E-state index in [1.807, 2.05) is 91.1 Å². The largest absolute Gasteiger partial charge is 0.453 e. The maximum absolute atomic E-state index is 13.9. The molecule has 7 rings (SSSR count). The predicted octanol–water partition coefficient (Wildman–Crippen LogP) is 4.14. The molecule has 0 bridgehead atoms. The lowest BCUT2D eigenvalue weighted by molar-refractivity contribution is -0.135. The van der Waals surface area contributed by atoms with Gasteiger partial charge in [-0.3, -0.25) is 14.6 Å². The Morgan fingerprint density at radius 3 is 2.07 bits per heavy atom. The molecule has 58 heavy (non-hydrogen) atoms. The van der Waals surface area contributed by atoms with E-state index in [9.17, 15) is 19.2 Å². The molecule has 3 aliphatic rings. The van der Waals surface area contributed by atoms with Crippen LogP contribution in [-0.4, -0.2) is 84.1 Å². The zero-order valence-electron chi connectivity index (χ0n) is 32.3. The minimum Gasteiger partial charge on any atom is -0.453 e. The number of benzene rings is 3. The Morgan fingerprint density at radius 1 is 0.793 bits per heavy atom. The topological polar surface area (TPSA) is 203 Å². The summed E-state index contributed by atoms with van der Waals surface area (Å²) in [6.07, 6.45) is 7.37. The van der Waals surface area contributed by atoms with Gasteiger partial charge in [-0.15, -0.1) is 0 Å². The number of likely N-dealkylation sites (tertiary alicyclic amines) is 1. The SMILES string of the molecule is COC(=O)N[C@@H](C(=O)N[C@@H](C)c1ncc(-c2ccc(C3=CNC(C4=CNC([C@@H]5CCCN5C(=O)[C@H](NC(=O)OC)c5ccccc5)N4)C=N3)cc2)[nH]1)c1ccccc1. The number of imidazole rings is 1. The van der Waals surface area contributed by atoms with Crippen molar-refractivity contribution in [3.8, 4) is 11.3 Å². The fraction of sp³-hybridized carbons (Fsp3) is 0.286. The highest BCUT2D eigenvalue weighted by Crippen LogP contribution is 2.28. The fourth-order valence-electron chi connectivity index (χ4n) is 7.26. The van der Waals surface area contributed by atoms with Gasteiger partial charge in [0.2, 0.25) is 11.8 Å². The monoisotopic (exact) mass is 786 g/mol. The first-order valence-electron chi connectivity index (χ1n) is 19.0. The number of aromatic amines is 1. The number of hydrogen-bond donors (Lipinski definition) is 7. The van der Waals surface area contributed by atoms with Crippen molar-refractivity contribution in [3.63, 3.8) is 0 Å². The molecule has 3 aromatic carbocycles. The summed E-state index contributed by atoms with van der Waals surface area (Å²) in [7, 11) is 2.52. The first-order chi connectivity index (χ1) is 28.2. The molecule has 16 nitrogen and oxygen atoms in total. The lowest BCUT2D eigenvalue weighted by atomic mass is 10.0. The van der Waals surface area contributed by atoms with Crippen LogP contribution in [0.25, 0.3) is 17.0 Å². The molecule has 4 amide bonds. The number of aromatic nitrogens is 2. The van der Waals surface area contributed by atoms with E-state index in [4.69, 9.17) is 14.5 Å². The zero-order valence-corrected chi connectivity index (χ0v) is 32.3. The van der Waals surface area contributed by atoms with Crippen LogP contribution in [0, 0.1) is 0 Å². The fourth-order valence-corrected chi connectivity index (χ4v) is 7.26.